The molecule has 2 aromatic rings. The van der Waals surface area contributed by atoms with Crippen LogP contribution >= 0.6 is 12.2 Å². The maximum atomic E-state index is 12.3. The lowest BCUT2D eigenvalue weighted by Gasteiger charge is -2.14. The fraction of sp³-hybridized carbons (Fsp3) is 0.333. The van der Waals surface area contributed by atoms with Gasteiger partial charge in [-0.1, -0.05) is 13.8 Å². The van der Waals surface area contributed by atoms with Gasteiger partial charge in [-0.25, -0.2) is 4.79 Å². The zero-order valence-corrected chi connectivity index (χ0v) is 15.9. The Morgan fingerprint density at radius 1 is 1.35 bits per heavy atom. The number of carbonyl (C=O) groups excluding carboxylic acids is 1. The second-order valence-electron chi connectivity index (χ2n) is 6.20. The van der Waals surface area contributed by atoms with Crippen molar-refractivity contribution in [3.63, 3.8) is 0 Å². The van der Waals surface area contributed by atoms with Crippen molar-refractivity contribution in [3.05, 3.63) is 50.5 Å². The molecule has 0 radical (unpaired) electrons. The summed E-state index contributed by atoms with van der Waals surface area (Å²) < 4.78 is 6.30. The Kier molecular flexibility index (Phi) is 6.10. The summed E-state index contributed by atoms with van der Waals surface area (Å²) in [6, 6.07) is 6.41. The van der Waals surface area contributed by atoms with Gasteiger partial charge in [0.15, 0.2) is 4.77 Å². The third kappa shape index (κ3) is 4.26. The Labute approximate surface area is 156 Å². The predicted molar refractivity (Wildman–Crippen MR) is 102 cm³/mol. The molecule has 0 saturated carbocycles. The minimum atomic E-state index is -0.500. The average Bonchev–Trinajstić information content (AvgIpc) is 2.58. The monoisotopic (exact) mass is 375 g/mol. The van der Waals surface area contributed by atoms with Crippen molar-refractivity contribution in [2.45, 2.75) is 27.3 Å². The van der Waals surface area contributed by atoms with Gasteiger partial charge < -0.3 is 9.84 Å². The summed E-state index contributed by atoms with van der Waals surface area (Å²) in [6.45, 7) is 6.06. The molecule has 138 valence electrons. The van der Waals surface area contributed by atoms with Crippen LogP contribution in [0.3, 0.4) is 0 Å². The SMILES string of the molecule is COC(=O)c1ccc(N=C(C)c2c(O)n(CC(C)C)c(=S)[nH]c2=O)cc1. The van der Waals surface area contributed by atoms with Gasteiger partial charge in [-0.15, -0.1) is 0 Å². The van der Waals surface area contributed by atoms with E-state index in [2.05, 4.69) is 14.7 Å². The summed E-state index contributed by atoms with van der Waals surface area (Å²) in [5, 5.41) is 10.5. The van der Waals surface area contributed by atoms with Crippen molar-refractivity contribution in [1.29, 1.82) is 0 Å². The quantitative estimate of drug-likeness (QED) is 0.475. The number of aromatic hydroxyl groups is 1. The largest absolute Gasteiger partial charge is 0.494 e. The van der Waals surface area contributed by atoms with Crippen LogP contribution in [0.25, 0.3) is 0 Å². The molecule has 2 rings (SSSR count). The molecule has 26 heavy (non-hydrogen) atoms. The zero-order valence-electron chi connectivity index (χ0n) is 15.1. The molecule has 0 aliphatic heterocycles. The van der Waals surface area contributed by atoms with Gasteiger partial charge in [-0.3, -0.25) is 19.3 Å². The molecule has 8 heteroatoms. The smallest absolute Gasteiger partial charge is 0.337 e. The number of carbonyl (C=O) groups is 1. The number of methoxy groups -OCH3 is 1. The van der Waals surface area contributed by atoms with Crippen LogP contribution in [0, 0.1) is 10.7 Å². The maximum Gasteiger partial charge on any atom is 0.337 e. The Morgan fingerprint density at radius 3 is 2.50 bits per heavy atom. The lowest BCUT2D eigenvalue weighted by molar-refractivity contribution is 0.0601. The number of aromatic amines is 1. The van der Waals surface area contributed by atoms with Crippen molar-refractivity contribution >= 4 is 29.6 Å². The van der Waals surface area contributed by atoms with Gasteiger partial charge in [-0.2, -0.15) is 0 Å². The molecule has 1 heterocycles. The molecule has 0 fully saturated rings. The van der Waals surface area contributed by atoms with Gasteiger partial charge >= 0.3 is 5.97 Å². The lowest BCUT2D eigenvalue weighted by Crippen LogP contribution is -2.22. The van der Waals surface area contributed by atoms with E-state index in [0.29, 0.717) is 23.5 Å². The fourth-order valence-corrected chi connectivity index (χ4v) is 2.71. The van der Waals surface area contributed by atoms with Crippen molar-refractivity contribution in [2.24, 2.45) is 10.9 Å². The number of H-pyrrole nitrogens is 1. The highest BCUT2D eigenvalue weighted by Gasteiger charge is 2.16. The van der Waals surface area contributed by atoms with Crippen molar-refractivity contribution in [1.82, 2.24) is 9.55 Å². The van der Waals surface area contributed by atoms with E-state index in [1.54, 1.807) is 31.2 Å². The van der Waals surface area contributed by atoms with Gasteiger partial charge in [0, 0.05) is 6.54 Å². The summed E-state index contributed by atoms with van der Waals surface area (Å²) in [5.74, 6) is -0.420. The number of hydrogen-bond acceptors (Lipinski definition) is 6. The number of hydrogen-bond donors (Lipinski definition) is 2. The lowest BCUT2D eigenvalue weighted by atomic mass is 10.1. The first-order valence-corrected chi connectivity index (χ1v) is 8.45. The van der Waals surface area contributed by atoms with Crippen molar-refractivity contribution in [3.8, 4) is 5.88 Å². The van der Waals surface area contributed by atoms with Crippen LogP contribution in [0.5, 0.6) is 5.88 Å². The number of ether oxygens (including phenoxy) is 1. The summed E-state index contributed by atoms with van der Waals surface area (Å²) in [7, 11) is 1.31. The molecule has 0 saturated heterocycles. The molecular formula is C18H21N3O4S. The summed E-state index contributed by atoms with van der Waals surface area (Å²) in [4.78, 5) is 30.7. The molecule has 0 atom stereocenters. The molecule has 1 aromatic carbocycles. The Hall–Kier alpha value is -2.74. The molecule has 7 nitrogen and oxygen atoms in total. The van der Waals surface area contributed by atoms with E-state index in [1.807, 2.05) is 13.8 Å². The number of aromatic nitrogens is 2. The molecule has 0 bridgehead atoms. The highest BCUT2D eigenvalue weighted by Crippen LogP contribution is 2.20. The van der Waals surface area contributed by atoms with E-state index in [1.165, 1.54) is 11.7 Å². The van der Waals surface area contributed by atoms with Crippen LogP contribution in [0.2, 0.25) is 0 Å². The summed E-state index contributed by atoms with van der Waals surface area (Å²) in [5.41, 5.74) is 0.833. The van der Waals surface area contributed by atoms with E-state index in [0.717, 1.165) is 0 Å². The van der Waals surface area contributed by atoms with Crippen molar-refractivity contribution in [2.75, 3.05) is 7.11 Å². The van der Waals surface area contributed by atoms with Gasteiger partial charge in [0.05, 0.1) is 24.1 Å². The third-order valence-electron chi connectivity index (χ3n) is 3.67. The van der Waals surface area contributed by atoms with Crippen LogP contribution in [-0.4, -0.2) is 33.4 Å². The summed E-state index contributed by atoms with van der Waals surface area (Å²) in [6.07, 6.45) is 0. The molecule has 1 aromatic heterocycles. The van der Waals surface area contributed by atoms with E-state index >= 15 is 0 Å². The molecule has 0 aliphatic rings. The molecule has 0 unspecified atom stereocenters. The van der Waals surface area contributed by atoms with E-state index in [4.69, 9.17) is 12.2 Å². The predicted octanol–water partition coefficient (Wildman–Crippen LogP) is 3.19. The van der Waals surface area contributed by atoms with E-state index in [-0.39, 0.29) is 22.1 Å². The van der Waals surface area contributed by atoms with Gasteiger partial charge in [0.2, 0.25) is 5.88 Å². The van der Waals surface area contributed by atoms with Gasteiger partial charge in [0.1, 0.15) is 5.56 Å². The molecule has 0 amide bonds. The molecule has 2 N–H and O–H groups in total. The number of esters is 1. The number of nitrogens with zero attached hydrogens (tertiary/aromatic N) is 2. The first-order chi connectivity index (χ1) is 12.2. The minimum Gasteiger partial charge on any atom is -0.494 e. The Bertz CT molecular complexity index is 956. The van der Waals surface area contributed by atoms with Gasteiger partial charge in [0.25, 0.3) is 5.56 Å². The normalized spacial score (nSPS) is 11.7. The number of rotatable bonds is 5. The highest BCUT2D eigenvalue weighted by atomic mass is 32.1. The number of benzene rings is 1. The second-order valence-corrected chi connectivity index (χ2v) is 6.58. The van der Waals surface area contributed by atoms with E-state index in [9.17, 15) is 14.7 Å². The van der Waals surface area contributed by atoms with Crippen LogP contribution in [-0.2, 0) is 11.3 Å². The first kappa shape index (κ1) is 19.6. The molecular weight excluding hydrogens is 354 g/mol. The van der Waals surface area contributed by atoms with Crippen LogP contribution in [0.4, 0.5) is 5.69 Å². The van der Waals surface area contributed by atoms with Crippen LogP contribution in [0.1, 0.15) is 36.7 Å². The third-order valence-corrected chi connectivity index (χ3v) is 3.99. The highest BCUT2D eigenvalue weighted by molar-refractivity contribution is 7.71. The Balaban J connectivity index is 2.47. The van der Waals surface area contributed by atoms with Crippen molar-refractivity contribution < 1.29 is 14.6 Å². The summed E-state index contributed by atoms with van der Waals surface area (Å²) >= 11 is 5.14. The molecule has 0 aliphatic carbocycles. The molecule has 0 spiro atoms. The second kappa shape index (κ2) is 8.09. The van der Waals surface area contributed by atoms with Crippen LogP contribution < -0.4 is 5.56 Å². The topological polar surface area (TPSA) is 96.7 Å². The first-order valence-electron chi connectivity index (χ1n) is 8.04. The maximum absolute atomic E-state index is 12.3. The minimum absolute atomic E-state index is 0.0660. The number of nitrogens with one attached hydrogen (secondary N) is 1. The van der Waals surface area contributed by atoms with Gasteiger partial charge in [-0.05, 0) is 49.3 Å². The van der Waals surface area contributed by atoms with E-state index < -0.39 is 11.5 Å². The fourth-order valence-electron chi connectivity index (χ4n) is 2.46. The Morgan fingerprint density at radius 2 is 1.96 bits per heavy atom. The standard InChI is InChI=1S/C18H21N3O4S/c1-10(2)9-21-16(23)14(15(22)20-18(21)26)11(3)19-13-7-5-12(6-8-13)17(24)25-4/h5-8,10,23H,9H2,1-4H3,(H,20,22,26). The average molecular weight is 375 g/mol. The number of aliphatic imine (C=N–C) groups is 1. The zero-order chi connectivity index (χ0) is 19.4. The van der Waals surface area contributed by atoms with Crippen LogP contribution in [0.15, 0.2) is 34.1 Å².